The molecule has 0 saturated carbocycles. The first-order valence-electron chi connectivity index (χ1n) is 6.48. The number of benzene rings is 3. The van der Waals surface area contributed by atoms with Crippen LogP contribution in [-0.4, -0.2) is 0 Å². The van der Waals surface area contributed by atoms with Crippen LogP contribution in [0.3, 0.4) is 0 Å². The van der Waals surface area contributed by atoms with Crippen LogP contribution in [0.2, 0.25) is 0 Å². The minimum Gasteiger partial charge on any atom is -0.0620 e. The van der Waals surface area contributed by atoms with Crippen molar-refractivity contribution in [2.75, 3.05) is 0 Å². The minimum atomic E-state index is -0.877. The average Bonchev–Trinajstić information content (AvgIpc) is 2.51. The average molecular weight is 409 g/mol. The second kappa shape index (κ2) is 10.2. The Kier molecular flexibility index (Phi) is 9.46. The normalized spacial score (nSPS) is 9.57. The number of rotatable bonds is 3. The van der Waals surface area contributed by atoms with Crippen LogP contribution < -0.4 is 67.3 Å². The summed E-state index contributed by atoms with van der Waals surface area (Å²) in [5, 5.41) is 4.31. The Morgan fingerprint density at radius 2 is 0.667 bits per heavy atom. The van der Waals surface area contributed by atoms with Gasteiger partial charge in [-0.3, -0.25) is 0 Å². The molecule has 0 atom stereocenters. The molecule has 0 amide bonds. The minimum absolute atomic E-state index is 0. The van der Waals surface area contributed by atoms with E-state index in [9.17, 15) is 0 Å². The van der Waals surface area contributed by atoms with Gasteiger partial charge in [0.2, 0.25) is 0 Å². The van der Waals surface area contributed by atoms with Gasteiger partial charge in [-0.25, -0.2) is 0 Å². The fourth-order valence-electron chi connectivity index (χ4n) is 2.31. The van der Waals surface area contributed by atoms with E-state index in [4.69, 9.17) is 0 Å². The molecule has 0 heterocycles. The van der Waals surface area contributed by atoms with Gasteiger partial charge in [-0.15, -0.1) is 0 Å². The summed E-state index contributed by atoms with van der Waals surface area (Å²) < 4.78 is 0. The molecule has 0 aliphatic carbocycles. The Hall–Kier alpha value is 0.389. The van der Waals surface area contributed by atoms with Gasteiger partial charge in [0.15, 0.2) is 0 Å². The van der Waals surface area contributed by atoms with Crippen LogP contribution in [0, 0.1) is 0 Å². The van der Waals surface area contributed by atoms with Crippen molar-refractivity contribution in [3.05, 3.63) is 91.0 Å². The van der Waals surface area contributed by atoms with Gasteiger partial charge in [0, 0.05) is 20.4 Å². The second-order valence-corrected chi connectivity index (χ2v) is 6.96. The van der Waals surface area contributed by atoms with Gasteiger partial charge < -0.3 is 0 Å². The van der Waals surface area contributed by atoms with E-state index in [1.807, 2.05) is 0 Å². The molecule has 0 fully saturated rings. The smallest absolute Gasteiger partial charge is 0.0620 e. The summed E-state index contributed by atoms with van der Waals surface area (Å²) in [7, 11) is -0.877. The zero-order valence-electron chi connectivity index (χ0n) is 12.0. The zero-order chi connectivity index (χ0) is 12.9. The Bertz CT molecular complexity index is 535. The monoisotopic (exact) mass is 408 g/mol. The first kappa shape index (κ1) is 19.4. The van der Waals surface area contributed by atoms with Crippen molar-refractivity contribution in [2.45, 2.75) is 0 Å². The third-order valence-corrected chi connectivity index (χ3v) is 5.92. The van der Waals surface area contributed by atoms with Gasteiger partial charge in [0.25, 0.3) is 0 Å². The fourth-order valence-corrected chi connectivity index (χ4v) is 4.89. The number of hydrogen-bond acceptors (Lipinski definition) is 0. The van der Waals surface area contributed by atoms with Crippen LogP contribution >= 0.6 is 7.92 Å². The van der Waals surface area contributed by atoms with Gasteiger partial charge in [0.1, 0.15) is 15.9 Å². The van der Waals surface area contributed by atoms with Crippen molar-refractivity contribution in [1.82, 2.24) is 0 Å². The third-order valence-electron chi connectivity index (χ3n) is 3.19. The molecule has 0 nitrogen and oxygen atoms in total. The molecule has 3 heteroatoms. The van der Waals surface area contributed by atoms with Crippen LogP contribution in [0.5, 0.6) is 0 Å². The van der Waals surface area contributed by atoms with Crippen molar-refractivity contribution in [3.63, 3.8) is 0 Å². The molecule has 0 N–H and O–H groups in total. The predicted octanol–water partition coefficient (Wildman–Crippen LogP) is 0.179. The van der Waals surface area contributed by atoms with Gasteiger partial charge >= 0.3 is 51.4 Å². The van der Waals surface area contributed by atoms with E-state index in [0.717, 1.165) is 0 Å². The molecule has 21 heavy (non-hydrogen) atoms. The van der Waals surface area contributed by atoms with Crippen molar-refractivity contribution in [1.29, 1.82) is 0 Å². The summed E-state index contributed by atoms with van der Waals surface area (Å²) in [4.78, 5) is 0. The number of hydrogen-bond donors (Lipinski definition) is 0. The van der Waals surface area contributed by atoms with Gasteiger partial charge in [-0.1, -0.05) is 54.6 Å². The summed E-state index contributed by atoms with van der Waals surface area (Å²) in [5.41, 5.74) is 0. The maximum absolute atomic E-state index is 2.24. The molecular weight excluding hydrogens is 393 g/mol. The van der Waals surface area contributed by atoms with E-state index in [-0.39, 0.29) is 71.8 Å². The molecule has 3 rings (SSSR count). The van der Waals surface area contributed by atoms with Crippen molar-refractivity contribution < 1.29 is 71.8 Å². The molecule has 0 aliphatic rings. The van der Waals surface area contributed by atoms with Gasteiger partial charge in [0.05, 0.1) is 7.92 Å². The van der Waals surface area contributed by atoms with E-state index in [1.54, 1.807) is 0 Å². The topological polar surface area (TPSA) is 0 Å². The van der Waals surface area contributed by atoms with Crippen LogP contribution in [0.25, 0.3) is 0 Å². The third kappa shape index (κ3) is 5.21. The van der Waals surface area contributed by atoms with Gasteiger partial charge in [-0.05, 0) is 36.4 Å². The summed E-state index contributed by atoms with van der Waals surface area (Å²) in [5.74, 6) is 0. The fraction of sp³-hybridized carbons (Fsp3) is 0. The molecule has 0 bridgehead atoms. The van der Waals surface area contributed by atoms with E-state index in [2.05, 4.69) is 91.0 Å². The summed E-state index contributed by atoms with van der Waals surface area (Å²) in [6, 6.07) is 32.5. The first-order valence-corrected chi connectivity index (χ1v) is 7.98. The maximum Gasteiger partial charge on any atom is 1.00 e. The van der Waals surface area contributed by atoms with Crippen LogP contribution in [-0.2, 0) is 20.4 Å². The Morgan fingerprint density at radius 1 is 0.429 bits per heavy atom. The van der Waals surface area contributed by atoms with Crippen LogP contribution in [0.15, 0.2) is 91.0 Å². The molecule has 0 aliphatic heterocycles. The molecule has 102 valence electrons. The van der Waals surface area contributed by atoms with Crippen LogP contribution in [0.4, 0.5) is 0 Å². The molecule has 0 spiro atoms. The molecular formula is C18H16KPPd+2. The quantitative estimate of drug-likeness (QED) is 0.428. The zero-order valence-corrected chi connectivity index (χ0v) is 17.7. The van der Waals surface area contributed by atoms with Crippen LogP contribution in [0.1, 0.15) is 0 Å². The summed E-state index contributed by atoms with van der Waals surface area (Å²) in [6.45, 7) is 0. The molecule has 0 unspecified atom stereocenters. The SMILES string of the molecule is [K+].[Pd].c1ccc([PH+](c2ccccc2)c2ccccc2)cc1. The molecule has 0 radical (unpaired) electrons. The summed E-state index contributed by atoms with van der Waals surface area (Å²) >= 11 is 0. The molecule has 0 aromatic heterocycles. The molecule has 3 aromatic carbocycles. The van der Waals surface area contributed by atoms with Crippen molar-refractivity contribution >= 4 is 23.8 Å². The van der Waals surface area contributed by atoms with E-state index in [1.165, 1.54) is 15.9 Å². The Labute approximate surface area is 184 Å². The molecule has 0 saturated heterocycles. The van der Waals surface area contributed by atoms with Crippen molar-refractivity contribution in [2.24, 2.45) is 0 Å². The Morgan fingerprint density at radius 3 is 0.905 bits per heavy atom. The second-order valence-electron chi connectivity index (χ2n) is 4.47. The largest absolute Gasteiger partial charge is 1.00 e. The van der Waals surface area contributed by atoms with E-state index < -0.39 is 7.92 Å². The van der Waals surface area contributed by atoms with E-state index >= 15 is 0 Å². The maximum atomic E-state index is 2.24. The summed E-state index contributed by atoms with van der Waals surface area (Å²) in [6.07, 6.45) is 0. The predicted molar refractivity (Wildman–Crippen MR) is 86.5 cm³/mol. The van der Waals surface area contributed by atoms with E-state index in [0.29, 0.717) is 0 Å². The van der Waals surface area contributed by atoms with Gasteiger partial charge in [-0.2, -0.15) is 0 Å². The Balaban J connectivity index is 0.00000110. The van der Waals surface area contributed by atoms with Crippen molar-refractivity contribution in [3.8, 4) is 0 Å². The standard InChI is InChI=1S/C18H15P.K.Pd/c1-4-10-16(11-5-1)19(17-12-6-2-7-13-17)18-14-8-3-9-15-18;;/h1-15H;;/q;+1;/p+1. The molecule has 3 aromatic rings. The first-order chi connectivity index (χ1) is 9.45.